The van der Waals surface area contributed by atoms with Crippen LogP contribution in [0.4, 0.5) is 0 Å². The van der Waals surface area contributed by atoms with E-state index >= 15 is 0 Å². The second-order valence-electron chi connectivity index (χ2n) is 8.78. The smallest absolute Gasteiger partial charge is 0.241 e. The molecule has 0 spiro atoms. The number of rotatable bonds is 8. The molecular weight excluding hydrogens is 452 g/mol. The second-order valence-corrected chi connectivity index (χ2v) is 10.5. The van der Waals surface area contributed by atoms with Crippen LogP contribution >= 0.6 is 0 Å². The van der Waals surface area contributed by atoms with Crippen molar-refractivity contribution >= 4 is 15.9 Å². The summed E-state index contributed by atoms with van der Waals surface area (Å²) in [6.45, 7) is 7.07. The molecule has 2 aromatic carbocycles. The van der Waals surface area contributed by atoms with Crippen LogP contribution in [0.2, 0.25) is 0 Å². The van der Waals surface area contributed by atoms with Gasteiger partial charge in [-0.15, -0.1) is 0 Å². The van der Waals surface area contributed by atoms with Gasteiger partial charge in [0.2, 0.25) is 15.9 Å². The fourth-order valence-corrected chi connectivity index (χ4v) is 5.29. The van der Waals surface area contributed by atoms with Crippen molar-refractivity contribution in [2.45, 2.75) is 37.8 Å². The quantitative estimate of drug-likeness (QED) is 0.618. The van der Waals surface area contributed by atoms with Gasteiger partial charge >= 0.3 is 0 Å². The lowest BCUT2D eigenvalue weighted by Crippen LogP contribution is -2.51. The molecule has 0 unspecified atom stereocenters. The van der Waals surface area contributed by atoms with E-state index in [1.165, 1.54) is 19.2 Å². The minimum Gasteiger partial charge on any atom is -0.497 e. The van der Waals surface area contributed by atoms with Crippen molar-refractivity contribution in [1.82, 2.24) is 14.5 Å². The largest absolute Gasteiger partial charge is 0.497 e. The number of carbonyl (C=O) groups is 1. The van der Waals surface area contributed by atoms with Crippen LogP contribution < -0.4 is 9.46 Å². The summed E-state index contributed by atoms with van der Waals surface area (Å²) < 4.78 is 33.6. The van der Waals surface area contributed by atoms with E-state index in [0.29, 0.717) is 30.9 Å². The molecule has 1 N–H and O–H groups in total. The highest BCUT2D eigenvalue weighted by molar-refractivity contribution is 7.89. The Morgan fingerprint density at radius 2 is 1.74 bits per heavy atom. The molecule has 0 bridgehead atoms. The third-order valence-electron chi connectivity index (χ3n) is 5.97. The highest BCUT2D eigenvalue weighted by Gasteiger charge is 2.32. The molecular formula is C25H32N4O4S. The van der Waals surface area contributed by atoms with E-state index in [2.05, 4.69) is 15.7 Å². The lowest BCUT2D eigenvalue weighted by molar-refractivity contribution is -0.133. The predicted octanol–water partition coefficient (Wildman–Crippen LogP) is 2.60. The molecule has 1 heterocycles. The Bertz CT molecular complexity index is 1110. The van der Waals surface area contributed by atoms with E-state index in [0.717, 1.165) is 25.1 Å². The van der Waals surface area contributed by atoms with Gasteiger partial charge in [0.25, 0.3) is 0 Å². The maximum atomic E-state index is 13.4. The number of hydrogen-bond acceptors (Lipinski definition) is 6. The Labute approximate surface area is 202 Å². The first-order chi connectivity index (χ1) is 16.2. The second kappa shape index (κ2) is 11.5. The van der Waals surface area contributed by atoms with Gasteiger partial charge in [-0.3, -0.25) is 9.69 Å². The molecule has 1 aliphatic heterocycles. The highest BCUT2D eigenvalue weighted by Crippen LogP contribution is 2.18. The normalized spacial score (nSPS) is 16.0. The number of hydrogen-bond donors (Lipinski definition) is 1. The number of methoxy groups -OCH3 is 1. The summed E-state index contributed by atoms with van der Waals surface area (Å²) in [4.78, 5) is 17.5. The summed E-state index contributed by atoms with van der Waals surface area (Å²) in [7, 11) is -2.35. The molecule has 0 aromatic heterocycles. The Kier molecular flexibility index (Phi) is 8.67. The summed E-state index contributed by atoms with van der Waals surface area (Å²) in [5.41, 5.74) is 1.75. The zero-order chi connectivity index (χ0) is 24.7. The molecule has 1 aliphatic rings. The van der Waals surface area contributed by atoms with Crippen LogP contribution in [0.3, 0.4) is 0 Å². The SMILES string of the molecule is COc1ccc(S(=O)(=O)N[C@H](C(=O)N2CCCN(Cc3ccc(C#N)cc3)CC2)C(C)C)cc1. The maximum Gasteiger partial charge on any atom is 0.241 e. The molecule has 34 heavy (non-hydrogen) atoms. The van der Waals surface area contributed by atoms with Crippen molar-refractivity contribution in [3.05, 3.63) is 59.7 Å². The van der Waals surface area contributed by atoms with Gasteiger partial charge in [0, 0.05) is 32.7 Å². The summed E-state index contributed by atoms with van der Waals surface area (Å²) in [5, 5.41) is 8.96. The van der Waals surface area contributed by atoms with E-state index in [1.54, 1.807) is 17.0 Å². The van der Waals surface area contributed by atoms with Crippen molar-refractivity contribution in [3.63, 3.8) is 0 Å². The van der Waals surface area contributed by atoms with Gasteiger partial charge in [-0.2, -0.15) is 9.98 Å². The molecule has 0 saturated carbocycles. The third kappa shape index (κ3) is 6.56. The maximum absolute atomic E-state index is 13.4. The summed E-state index contributed by atoms with van der Waals surface area (Å²) in [5.74, 6) is 0.149. The average Bonchev–Trinajstić information content (AvgIpc) is 3.08. The van der Waals surface area contributed by atoms with Crippen LogP contribution in [0.25, 0.3) is 0 Å². The number of carbonyl (C=O) groups excluding carboxylic acids is 1. The minimum absolute atomic E-state index is 0.0937. The predicted molar refractivity (Wildman–Crippen MR) is 130 cm³/mol. The lowest BCUT2D eigenvalue weighted by atomic mass is 10.0. The number of nitriles is 1. The van der Waals surface area contributed by atoms with Crippen molar-refractivity contribution < 1.29 is 17.9 Å². The van der Waals surface area contributed by atoms with Gasteiger partial charge in [-0.25, -0.2) is 8.42 Å². The Morgan fingerprint density at radius 3 is 2.32 bits per heavy atom. The van der Waals surface area contributed by atoms with Crippen LogP contribution in [-0.4, -0.2) is 63.5 Å². The van der Waals surface area contributed by atoms with Gasteiger partial charge in [-0.05, 0) is 54.3 Å². The summed E-state index contributed by atoms with van der Waals surface area (Å²) >= 11 is 0. The molecule has 182 valence electrons. The fraction of sp³-hybridized carbons (Fsp3) is 0.440. The van der Waals surface area contributed by atoms with Crippen molar-refractivity contribution in [2.75, 3.05) is 33.3 Å². The highest BCUT2D eigenvalue weighted by atomic mass is 32.2. The number of ether oxygens (including phenoxy) is 1. The van der Waals surface area contributed by atoms with Crippen LogP contribution in [-0.2, 0) is 21.4 Å². The Balaban J connectivity index is 1.65. The average molecular weight is 485 g/mol. The van der Waals surface area contributed by atoms with Crippen LogP contribution in [0.5, 0.6) is 5.75 Å². The van der Waals surface area contributed by atoms with Crippen LogP contribution in [0.15, 0.2) is 53.4 Å². The van der Waals surface area contributed by atoms with E-state index in [4.69, 9.17) is 10.00 Å². The molecule has 0 aliphatic carbocycles. The number of sulfonamides is 1. The van der Waals surface area contributed by atoms with Gasteiger partial charge in [0.15, 0.2) is 0 Å². The van der Waals surface area contributed by atoms with Gasteiger partial charge in [-0.1, -0.05) is 26.0 Å². The standard InChI is InChI=1S/C25H32N4O4S/c1-19(2)24(27-34(31,32)23-11-9-22(33-3)10-12-23)25(30)29-14-4-13-28(15-16-29)18-21-7-5-20(17-26)6-8-21/h5-12,19,24,27H,4,13-16,18H2,1-3H3/t24-/m0/s1. The minimum atomic E-state index is -3.87. The molecule has 1 atom stereocenters. The number of nitrogens with zero attached hydrogens (tertiary/aromatic N) is 3. The number of benzene rings is 2. The van der Waals surface area contributed by atoms with E-state index in [9.17, 15) is 13.2 Å². The van der Waals surface area contributed by atoms with Gasteiger partial charge in [0.05, 0.1) is 23.6 Å². The monoisotopic (exact) mass is 484 g/mol. The van der Waals surface area contributed by atoms with Crippen LogP contribution in [0, 0.1) is 17.2 Å². The first kappa shape index (κ1) is 25.7. The Morgan fingerprint density at radius 1 is 1.06 bits per heavy atom. The molecule has 3 rings (SSSR count). The lowest BCUT2D eigenvalue weighted by Gasteiger charge is -2.29. The molecule has 8 nitrogen and oxygen atoms in total. The van der Waals surface area contributed by atoms with Gasteiger partial charge in [0.1, 0.15) is 11.8 Å². The molecule has 1 fully saturated rings. The van der Waals surface area contributed by atoms with Crippen LogP contribution in [0.1, 0.15) is 31.4 Å². The fourth-order valence-electron chi connectivity index (χ4n) is 3.95. The zero-order valence-corrected chi connectivity index (χ0v) is 20.7. The van der Waals surface area contributed by atoms with E-state index < -0.39 is 16.1 Å². The first-order valence-electron chi connectivity index (χ1n) is 11.4. The molecule has 1 saturated heterocycles. The summed E-state index contributed by atoms with van der Waals surface area (Å²) in [6, 6.07) is 14.9. The van der Waals surface area contributed by atoms with Gasteiger partial charge < -0.3 is 9.64 Å². The molecule has 2 aromatic rings. The van der Waals surface area contributed by atoms with Crippen molar-refractivity contribution in [3.8, 4) is 11.8 Å². The Hall–Kier alpha value is -2.93. The van der Waals surface area contributed by atoms with E-state index in [-0.39, 0.29) is 16.7 Å². The zero-order valence-electron chi connectivity index (χ0n) is 19.9. The summed E-state index contributed by atoms with van der Waals surface area (Å²) in [6.07, 6.45) is 0.804. The number of nitrogens with one attached hydrogen (secondary N) is 1. The van der Waals surface area contributed by atoms with Crippen molar-refractivity contribution in [2.24, 2.45) is 5.92 Å². The molecule has 1 amide bonds. The van der Waals surface area contributed by atoms with Crippen molar-refractivity contribution in [1.29, 1.82) is 5.26 Å². The molecule has 9 heteroatoms. The first-order valence-corrected chi connectivity index (χ1v) is 12.9. The van der Waals surface area contributed by atoms with E-state index in [1.807, 2.05) is 38.1 Å². The third-order valence-corrected chi connectivity index (χ3v) is 7.43. The topological polar surface area (TPSA) is 103 Å². The molecule has 0 radical (unpaired) electrons. The number of amides is 1.